The molecule has 3 heterocycles. The van der Waals surface area contributed by atoms with E-state index in [9.17, 15) is 0 Å². The topological polar surface area (TPSA) is 42.7 Å². The fourth-order valence-electron chi connectivity index (χ4n) is 1.94. The minimum atomic E-state index is 0.900. The maximum Gasteiger partial charge on any atom is 0.0956 e. The first-order valence-corrected chi connectivity index (χ1v) is 5.10. The Labute approximate surface area is 88.0 Å². The van der Waals surface area contributed by atoms with Gasteiger partial charge in [-0.1, -0.05) is 0 Å². The lowest BCUT2D eigenvalue weighted by molar-refractivity contribution is 0.517. The van der Waals surface area contributed by atoms with E-state index in [2.05, 4.69) is 19.9 Å². The molecule has 0 saturated carbocycles. The van der Waals surface area contributed by atoms with E-state index in [0.717, 1.165) is 30.9 Å². The number of nitrogens with one attached hydrogen (secondary N) is 1. The SMILES string of the molecule is c1cc(-c2ncn3c2CNCC3)ccn1. The quantitative estimate of drug-likeness (QED) is 0.748. The summed E-state index contributed by atoms with van der Waals surface area (Å²) in [5.74, 6) is 0. The Morgan fingerprint density at radius 1 is 1.27 bits per heavy atom. The summed E-state index contributed by atoms with van der Waals surface area (Å²) < 4.78 is 2.21. The summed E-state index contributed by atoms with van der Waals surface area (Å²) in [5.41, 5.74) is 3.49. The second kappa shape index (κ2) is 3.47. The van der Waals surface area contributed by atoms with Gasteiger partial charge in [0.2, 0.25) is 0 Å². The summed E-state index contributed by atoms with van der Waals surface area (Å²) in [6, 6.07) is 4.00. The van der Waals surface area contributed by atoms with Crippen LogP contribution in [0.3, 0.4) is 0 Å². The summed E-state index contributed by atoms with van der Waals surface area (Å²) in [4.78, 5) is 8.48. The maximum atomic E-state index is 4.46. The number of fused-ring (bicyclic) bond motifs is 1. The number of hydrogen-bond donors (Lipinski definition) is 1. The van der Waals surface area contributed by atoms with Crippen LogP contribution in [0, 0.1) is 0 Å². The molecular weight excluding hydrogens is 188 g/mol. The summed E-state index contributed by atoms with van der Waals surface area (Å²) in [6.07, 6.45) is 5.53. The van der Waals surface area contributed by atoms with E-state index in [0.29, 0.717) is 0 Å². The van der Waals surface area contributed by atoms with Gasteiger partial charge in [0, 0.05) is 37.6 Å². The van der Waals surface area contributed by atoms with E-state index in [1.807, 2.05) is 18.5 Å². The van der Waals surface area contributed by atoms with Gasteiger partial charge in [-0.05, 0) is 12.1 Å². The monoisotopic (exact) mass is 200 g/mol. The average molecular weight is 200 g/mol. The zero-order chi connectivity index (χ0) is 10.1. The van der Waals surface area contributed by atoms with Gasteiger partial charge in [-0.15, -0.1) is 0 Å². The third-order valence-corrected chi connectivity index (χ3v) is 2.72. The highest BCUT2D eigenvalue weighted by Gasteiger charge is 2.14. The van der Waals surface area contributed by atoms with Crippen molar-refractivity contribution in [2.24, 2.45) is 0 Å². The van der Waals surface area contributed by atoms with Crippen LogP contribution >= 0.6 is 0 Å². The van der Waals surface area contributed by atoms with Gasteiger partial charge in [-0.3, -0.25) is 4.98 Å². The minimum Gasteiger partial charge on any atom is -0.332 e. The Morgan fingerprint density at radius 2 is 2.13 bits per heavy atom. The second-order valence-electron chi connectivity index (χ2n) is 3.65. The zero-order valence-corrected chi connectivity index (χ0v) is 8.35. The molecule has 76 valence electrons. The Bertz CT molecular complexity index is 461. The molecule has 2 aromatic rings. The van der Waals surface area contributed by atoms with Crippen LogP contribution in [0.2, 0.25) is 0 Å². The van der Waals surface area contributed by atoms with E-state index in [1.165, 1.54) is 5.69 Å². The largest absolute Gasteiger partial charge is 0.332 e. The van der Waals surface area contributed by atoms with Crippen LogP contribution in [0.4, 0.5) is 0 Å². The fourth-order valence-corrected chi connectivity index (χ4v) is 1.94. The molecular formula is C11H12N4. The number of rotatable bonds is 1. The Hall–Kier alpha value is -1.68. The van der Waals surface area contributed by atoms with Crippen LogP contribution in [0.25, 0.3) is 11.3 Å². The van der Waals surface area contributed by atoms with Crippen LogP contribution in [0.15, 0.2) is 30.9 Å². The molecule has 1 aliphatic heterocycles. The second-order valence-corrected chi connectivity index (χ2v) is 3.65. The van der Waals surface area contributed by atoms with Gasteiger partial charge in [0.05, 0.1) is 17.7 Å². The van der Waals surface area contributed by atoms with Crippen LogP contribution in [0.5, 0.6) is 0 Å². The van der Waals surface area contributed by atoms with Crippen molar-refractivity contribution in [1.29, 1.82) is 0 Å². The van der Waals surface area contributed by atoms with Crippen LogP contribution < -0.4 is 5.32 Å². The highest BCUT2D eigenvalue weighted by Crippen LogP contribution is 2.22. The van der Waals surface area contributed by atoms with Crippen LogP contribution in [-0.2, 0) is 13.1 Å². The molecule has 0 amide bonds. The first-order valence-electron chi connectivity index (χ1n) is 5.10. The predicted molar refractivity (Wildman–Crippen MR) is 57.2 cm³/mol. The van der Waals surface area contributed by atoms with Gasteiger partial charge in [0.1, 0.15) is 0 Å². The Kier molecular flexibility index (Phi) is 1.99. The molecule has 1 N–H and O–H groups in total. The van der Waals surface area contributed by atoms with Crippen molar-refractivity contribution in [1.82, 2.24) is 19.9 Å². The molecule has 3 rings (SSSR count). The van der Waals surface area contributed by atoms with E-state index in [-0.39, 0.29) is 0 Å². The molecule has 0 saturated heterocycles. The molecule has 4 heteroatoms. The number of aromatic nitrogens is 3. The molecule has 1 aliphatic rings. The molecule has 15 heavy (non-hydrogen) atoms. The van der Waals surface area contributed by atoms with Crippen molar-refractivity contribution in [3.63, 3.8) is 0 Å². The summed E-state index contributed by atoms with van der Waals surface area (Å²) in [7, 11) is 0. The van der Waals surface area contributed by atoms with Gasteiger partial charge >= 0.3 is 0 Å². The molecule has 2 aromatic heterocycles. The number of nitrogens with zero attached hydrogens (tertiary/aromatic N) is 3. The first-order chi connectivity index (χ1) is 7.45. The minimum absolute atomic E-state index is 0.900. The van der Waals surface area contributed by atoms with E-state index in [1.54, 1.807) is 12.4 Å². The fraction of sp³-hybridized carbons (Fsp3) is 0.273. The lowest BCUT2D eigenvalue weighted by Gasteiger charge is -2.16. The molecule has 0 fully saturated rings. The number of imidazole rings is 1. The number of hydrogen-bond acceptors (Lipinski definition) is 3. The van der Waals surface area contributed by atoms with E-state index in [4.69, 9.17) is 0 Å². The van der Waals surface area contributed by atoms with Crippen molar-refractivity contribution in [2.75, 3.05) is 6.54 Å². The van der Waals surface area contributed by atoms with Crippen LogP contribution in [0.1, 0.15) is 5.69 Å². The highest BCUT2D eigenvalue weighted by atomic mass is 15.1. The van der Waals surface area contributed by atoms with Crippen molar-refractivity contribution >= 4 is 0 Å². The maximum absolute atomic E-state index is 4.46. The van der Waals surface area contributed by atoms with Gasteiger partial charge < -0.3 is 9.88 Å². The molecule has 0 aliphatic carbocycles. The van der Waals surface area contributed by atoms with Gasteiger partial charge in [-0.2, -0.15) is 0 Å². The summed E-state index contributed by atoms with van der Waals surface area (Å²) >= 11 is 0. The standard InChI is InChI=1S/C11H12N4/c1-3-12-4-2-9(1)11-10-7-13-5-6-15(10)8-14-11/h1-4,8,13H,5-7H2. The van der Waals surface area contributed by atoms with Crippen molar-refractivity contribution in [3.8, 4) is 11.3 Å². The molecule has 0 bridgehead atoms. The average Bonchev–Trinajstić information content (AvgIpc) is 2.74. The van der Waals surface area contributed by atoms with Crippen molar-refractivity contribution in [3.05, 3.63) is 36.5 Å². The third-order valence-electron chi connectivity index (χ3n) is 2.72. The lowest BCUT2D eigenvalue weighted by Crippen LogP contribution is -2.27. The summed E-state index contributed by atoms with van der Waals surface area (Å²) in [5, 5.41) is 3.36. The Morgan fingerprint density at radius 3 is 3.00 bits per heavy atom. The highest BCUT2D eigenvalue weighted by molar-refractivity contribution is 5.61. The van der Waals surface area contributed by atoms with Gasteiger partial charge in [0.15, 0.2) is 0 Å². The van der Waals surface area contributed by atoms with E-state index >= 15 is 0 Å². The van der Waals surface area contributed by atoms with Gasteiger partial charge in [0.25, 0.3) is 0 Å². The normalized spacial score (nSPS) is 14.9. The molecule has 0 aromatic carbocycles. The van der Waals surface area contributed by atoms with Gasteiger partial charge in [-0.25, -0.2) is 4.98 Å². The molecule has 0 radical (unpaired) electrons. The molecule has 4 nitrogen and oxygen atoms in total. The van der Waals surface area contributed by atoms with Crippen molar-refractivity contribution in [2.45, 2.75) is 13.1 Å². The predicted octanol–water partition coefficient (Wildman–Crippen LogP) is 1.05. The van der Waals surface area contributed by atoms with Crippen LogP contribution in [-0.4, -0.2) is 21.1 Å². The molecule has 0 unspecified atom stereocenters. The smallest absolute Gasteiger partial charge is 0.0956 e. The van der Waals surface area contributed by atoms with Crippen molar-refractivity contribution < 1.29 is 0 Å². The Balaban J connectivity index is 2.09. The zero-order valence-electron chi connectivity index (χ0n) is 8.35. The lowest BCUT2D eigenvalue weighted by atomic mass is 10.1. The first kappa shape index (κ1) is 8.61. The number of pyridine rings is 1. The molecule has 0 spiro atoms. The third kappa shape index (κ3) is 1.43. The molecule has 0 atom stereocenters. The summed E-state index contributed by atoms with van der Waals surface area (Å²) in [6.45, 7) is 2.93. The van der Waals surface area contributed by atoms with E-state index < -0.39 is 0 Å².